The van der Waals surface area contributed by atoms with Crippen molar-refractivity contribution in [3.05, 3.63) is 23.3 Å². The third-order valence-corrected chi connectivity index (χ3v) is 12.2. The van der Waals surface area contributed by atoms with Gasteiger partial charge in [-0.15, -0.1) is 0 Å². The molecule has 12 atom stereocenters. The molecule has 3 saturated carbocycles. The lowest BCUT2D eigenvalue weighted by molar-refractivity contribution is -0.419. The van der Waals surface area contributed by atoms with Gasteiger partial charge in [0.25, 0.3) is 0 Å². The predicted octanol–water partition coefficient (Wildman–Crippen LogP) is 1.79. The molecule has 0 spiro atoms. The van der Waals surface area contributed by atoms with Crippen LogP contribution in [0.15, 0.2) is 23.3 Å². The zero-order valence-electron chi connectivity index (χ0n) is 21.7. The van der Waals surface area contributed by atoms with E-state index in [0.29, 0.717) is 24.8 Å². The van der Waals surface area contributed by atoms with Gasteiger partial charge in [-0.2, -0.15) is 0 Å². The minimum atomic E-state index is -1.82. The van der Waals surface area contributed by atoms with E-state index in [4.69, 9.17) is 9.47 Å². The number of hydrogen-bond donors (Lipinski definition) is 4. The fraction of sp³-hybridized carbons (Fsp3) is 0.786. The van der Waals surface area contributed by atoms with Crippen LogP contribution in [0.4, 0.5) is 0 Å². The maximum atomic E-state index is 13.4. The van der Waals surface area contributed by atoms with Gasteiger partial charge in [0.15, 0.2) is 17.7 Å². The maximum Gasteiger partial charge on any atom is 0.334 e. The molecule has 4 fully saturated rings. The van der Waals surface area contributed by atoms with Crippen molar-refractivity contribution in [1.82, 2.24) is 0 Å². The first-order chi connectivity index (χ1) is 16.7. The topological polar surface area (TPSA) is 134 Å². The number of ketones is 1. The second-order valence-electron chi connectivity index (χ2n) is 12.9. The number of cyclic esters (lactones) is 1. The molecule has 0 unspecified atom stereocenters. The summed E-state index contributed by atoms with van der Waals surface area (Å²) in [6.07, 6.45) is 2.02. The van der Waals surface area contributed by atoms with Crippen molar-refractivity contribution >= 4 is 11.8 Å². The van der Waals surface area contributed by atoms with Crippen molar-refractivity contribution < 1.29 is 39.5 Å². The Kier molecular flexibility index (Phi) is 4.87. The molecule has 198 valence electrons. The average molecular weight is 503 g/mol. The van der Waals surface area contributed by atoms with Gasteiger partial charge < -0.3 is 29.9 Å². The van der Waals surface area contributed by atoms with E-state index in [9.17, 15) is 30.0 Å². The first-order valence-electron chi connectivity index (χ1n) is 13.3. The van der Waals surface area contributed by atoms with E-state index in [1.807, 2.05) is 20.8 Å². The summed E-state index contributed by atoms with van der Waals surface area (Å²) in [6.45, 7) is 8.99. The van der Waals surface area contributed by atoms with Crippen LogP contribution < -0.4 is 0 Å². The fourth-order valence-electron chi connectivity index (χ4n) is 9.57. The summed E-state index contributed by atoms with van der Waals surface area (Å²) in [6, 6.07) is 0. The number of aliphatic hydroxyl groups excluding tert-OH is 1. The molecule has 8 nitrogen and oxygen atoms in total. The van der Waals surface area contributed by atoms with E-state index in [1.54, 1.807) is 19.9 Å². The molecule has 6 aliphatic rings. The zero-order chi connectivity index (χ0) is 26.2. The molecule has 0 radical (unpaired) electrons. The van der Waals surface area contributed by atoms with E-state index >= 15 is 0 Å². The minimum absolute atomic E-state index is 0.0315. The first kappa shape index (κ1) is 24.7. The summed E-state index contributed by atoms with van der Waals surface area (Å²) in [5.74, 6) is -3.82. The Hall–Kier alpha value is -1.58. The average Bonchev–Trinajstić information content (AvgIpc) is 3.25. The zero-order valence-corrected chi connectivity index (χ0v) is 21.7. The van der Waals surface area contributed by atoms with Gasteiger partial charge in [-0.3, -0.25) is 4.79 Å². The van der Waals surface area contributed by atoms with Gasteiger partial charge in [0, 0.05) is 17.9 Å². The van der Waals surface area contributed by atoms with Crippen molar-refractivity contribution in [3.63, 3.8) is 0 Å². The van der Waals surface area contributed by atoms with Gasteiger partial charge in [-0.1, -0.05) is 19.9 Å². The number of rotatable bonds is 1. The summed E-state index contributed by atoms with van der Waals surface area (Å²) in [4.78, 5) is 25.8. The van der Waals surface area contributed by atoms with Crippen molar-refractivity contribution in [1.29, 1.82) is 0 Å². The molecule has 0 aromatic heterocycles. The highest BCUT2D eigenvalue weighted by atomic mass is 16.7. The minimum Gasteiger partial charge on any atom is -0.452 e. The Morgan fingerprint density at radius 3 is 2.39 bits per heavy atom. The van der Waals surface area contributed by atoms with Gasteiger partial charge in [0.05, 0.1) is 22.5 Å². The van der Waals surface area contributed by atoms with Gasteiger partial charge in [-0.05, 0) is 75.9 Å². The second kappa shape index (κ2) is 7.08. The van der Waals surface area contributed by atoms with Gasteiger partial charge >= 0.3 is 5.97 Å². The highest BCUT2D eigenvalue weighted by Crippen LogP contribution is 2.74. The quantitative estimate of drug-likeness (QED) is 0.399. The lowest BCUT2D eigenvalue weighted by Gasteiger charge is -2.69. The Morgan fingerprint density at radius 1 is 1.06 bits per heavy atom. The standard InChI is InChI=1S/C28H38O8/c1-13-14(2)23(31)35-21(13)22-15(3)26(32)10-8-17-16-11-20(30)27(33)9-6-7-19(29)24(27,4)18(16)12-28(34,36-22)25(17,26)5/h6-7,15-18,20-22,30,32-34H,8-12H2,1-5H3/t15-,16+,17+,18+,20-,21+,22+,24+,25+,26-,27+,28+/m1/s1. The van der Waals surface area contributed by atoms with Crippen molar-refractivity contribution in [2.75, 3.05) is 0 Å². The van der Waals surface area contributed by atoms with E-state index in [2.05, 4.69) is 0 Å². The van der Waals surface area contributed by atoms with Crippen LogP contribution in [-0.2, 0) is 19.1 Å². The highest BCUT2D eigenvalue weighted by molar-refractivity contribution is 5.97. The third kappa shape index (κ3) is 2.44. The molecular weight excluding hydrogens is 464 g/mol. The van der Waals surface area contributed by atoms with Gasteiger partial charge in [-0.25, -0.2) is 4.79 Å². The largest absolute Gasteiger partial charge is 0.452 e. The fourth-order valence-corrected chi connectivity index (χ4v) is 9.57. The predicted molar refractivity (Wildman–Crippen MR) is 127 cm³/mol. The summed E-state index contributed by atoms with van der Waals surface area (Å²) in [7, 11) is 0. The van der Waals surface area contributed by atoms with E-state index in [0.717, 1.165) is 5.57 Å². The number of aliphatic hydroxyl groups is 4. The lowest BCUT2D eigenvalue weighted by Crippen LogP contribution is -2.78. The summed E-state index contributed by atoms with van der Waals surface area (Å²) in [5.41, 5.74) is -4.08. The number of carbonyl (C=O) groups is 2. The van der Waals surface area contributed by atoms with Crippen LogP contribution in [0.5, 0.6) is 0 Å². The highest BCUT2D eigenvalue weighted by Gasteiger charge is 2.80. The van der Waals surface area contributed by atoms with Crippen LogP contribution in [0.2, 0.25) is 0 Å². The molecule has 0 aromatic carbocycles. The third-order valence-electron chi connectivity index (χ3n) is 12.2. The molecule has 8 heteroatoms. The Bertz CT molecular complexity index is 1110. The Labute approximate surface area is 211 Å². The molecule has 4 aliphatic carbocycles. The molecule has 0 bridgehead atoms. The van der Waals surface area contributed by atoms with Crippen molar-refractivity contribution in [2.45, 2.75) is 102 Å². The van der Waals surface area contributed by atoms with Crippen LogP contribution >= 0.6 is 0 Å². The SMILES string of the molecule is CC1=C(C)[C@@H]([C@H]2O[C@@]3(O)C[C@H]4[C@@H](C[C@@H](O)[C@@]5(O)CC=CC(=O)[C@]45C)[C@@H]4CC[C@@](O)([C@@H]2C)[C@]43C)OC1=O. The summed E-state index contributed by atoms with van der Waals surface area (Å²) < 4.78 is 12.2. The molecule has 4 N–H and O–H groups in total. The number of fused-ring (bicyclic) bond motifs is 4. The monoisotopic (exact) mass is 502 g/mol. The Balaban J connectivity index is 1.48. The number of hydrogen-bond acceptors (Lipinski definition) is 8. The lowest BCUT2D eigenvalue weighted by atomic mass is 9.40. The molecule has 6 rings (SSSR count). The molecule has 0 amide bonds. The number of allylic oxidation sites excluding steroid dienone is 1. The molecule has 2 aliphatic heterocycles. The van der Waals surface area contributed by atoms with Gasteiger partial charge in [0.1, 0.15) is 11.7 Å². The smallest absolute Gasteiger partial charge is 0.334 e. The van der Waals surface area contributed by atoms with E-state index in [1.165, 1.54) is 6.08 Å². The maximum absolute atomic E-state index is 13.4. The first-order valence-corrected chi connectivity index (χ1v) is 13.3. The number of ether oxygens (including phenoxy) is 2. The van der Waals surface area contributed by atoms with Crippen LogP contribution in [0, 0.1) is 34.5 Å². The normalized spacial score (nSPS) is 57.9. The van der Waals surface area contributed by atoms with Crippen molar-refractivity contribution in [3.8, 4) is 0 Å². The van der Waals surface area contributed by atoms with Crippen LogP contribution in [-0.4, -0.2) is 67.5 Å². The Morgan fingerprint density at radius 2 is 1.75 bits per heavy atom. The molecule has 36 heavy (non-hydrogen) atoms. The molecule has 1 saturated heterocycles. The molecular formula is C28H38O8. The molecule has 2 heterocycles. The number of esters is 1. The van der Waals surface area contributed by atoms with Gasteiger partial charge in [0.2, 0.25) is 0 Å². The van der Waals surface area contributed by atoms with E-state index < -0.39 is 63.9 Å². The number of carbonyl (C=O) groups excluding carboxylic acids is 2. The second-order valence-corrected chi connectivity index (χ2v) is 12.9. The summed E-state index contributed by atoms with van der Waals surface area (Å²) in [5, 5.41) is 47.6. The van der Waals surface area contributed by atoms with Crippen LogP contribution in [0.1, 0.15) is 66.7 Å². The van der Waals surface area contributed by atoms with Crippen LogP contribution in [0.3, 0.4) is 0 Å². The van der Waals surface area contributed by atoms with Crippen molar-refractivity contribution in [2.24, 2.45) is 34.5 Å². The van der Waals surface area contributed by atoms with Crippen LogP contribution in [0.25, 0.3) is 0 Å². The van der Waals surface area contributed by atoms with E-state index in [-0.39, 0.29) is 30.5 Å². The molecule has 0 aromatic rings. The summed E-state index contributed by atoms with van der Waals surface area (Å²) >= 11 is 0.